The smallest absolute Gasteiger partial charge is 0.272 e. The van der Waals surface area contributed by atoms with Crippen molar-refractivity contribution in [1.29, 1.82) is 0 Å². The van der Waals surface area contributed by atoms with Crippen LogP contribution in [0, 0.1) is 5.82 Å². The zero-order valence-corrected chi connectivity index (χ0v) is 13.5. The van der Waals surface area contributed by atoms with Crippen LogP contribution in [0.1, 0.15) is 20.8 Å². The Balaban J connectivity index is 1.65. The molecule has 3 aromatic rings. The van der Waals surface area contributed by atoms with Gasteiger partial charge in [-0.25, -0.2) is 4.39 Å². The number of nitrogens with one attached hydrogen (secondary N) is 3. The van der Waals surface area contributed by atoms with Crippen LogP contribution in [0.3, 0.4) is 0 Å². The van der Waals surface area contributed by atoms with E-state index in [9.17, 15) is 14.0 Å². The minimum Gasteiger partial charge on any atom is -0.272 e. The first-order valence-corrected chi connectivity index (χ1v) is 7.59. The molecule has 1 heterocycles. The normalized spacial score (nSPS) is 10.3. The Morgan fingerprint density at radius 2 is 1.72 bits per heavy atom. The molecule has 0 aliphatic rings. The lowest BCUT2D eigenvalue weighted by atomic mass is 10.1. The van der Waals surface area contributed by atoms with Crippen molar-refractivity contribution in [3.63, 3.8) is 0 Å². The van der Waals surface area contributed by atoms with E-state index in [1.165, 1.54) is 6.07 Å². The number of carbonyl (C=O) groups excluding carboxylic acids is 2. The molecule has 0 saturated heterocycles. The quantitative estimate of drug-likeness (QED) is 0.629. The summed E-state index contributed by atoms with van der Waals surface area (Å²) in [5.74, 6) is -1.81. The number of benzene rings is 2. The van der Waals surface area contributed by atoms with Crippen LogP contribution in [0.25, 0.3) is 11.3 Å². The highest BCUT2D eigenvalue weighted by Gasteiger charge is 2.14. The summed E-state index contributed by atoms with van der Waals surface area (Å²) < 4.78 is 13.0. The third-order valence-electron chi connectivity index (χ3n) is 3.36. The first-order valence-electron chi connectivity index (χ1n) is 7.21. The van der Waals surface area contributed by atoms with Crippen molar-refractivity contribution in [3.8, 4) is 11.3 Å². The van der Waals surface area contributed by atoms with Crippen molar-refractivity contribution in [1.82, 2.24) is 21.0 Å². The Hall–Kier alpha value is -3.19. The Bertz CT molecular complexity index is 927. The second kappa shape index (κ2) is 7.14. The number of hydrazine groups is 1. The van der Waals surface area contributed by atoms with Crippen LogP contribution in [0.4, 0.5) is 4.39 Å². The average molecular weight is 359 g/mol. The van der Waals surface area contributed by atoms with Gasteiger partial charge in [0.25, 0.3) is 11.8 Å². The highest BCUT2D eigenvalue weighted by atomic mass is 35.5. The highest BCUT2D eigenvalue weighted by Crippen LogP contribution is 2.18. The van der Waals surface area contributed by atoms with E-state index in [2.05, 4.69) is 21.0 Å². The minimum absolute atomic E-state index is 0.0398. The molecule has 8 heteroatoms. The van der Waals surface area contributed by atoms with E-state index < -0.39 is 17.6 Å². The molecule has 0 unspecified atom stereocenters. The summed E-state index contributed by atoms with van der Waals surface area (Å²) >= 11 is 5.80. The number of carbonyl (C=O) groups is 2. The Morgan fingerprint density at radius 3 is 2.44 bits per heavy atom. The Labute approximate surface area is 147 Å². The molecule has 0 bridgehead atoms. The van der Waals surface area contributed by atoms with Crippen LogP contribution in [0.2, 0.25) is 5.02 Å². The average Bonchev–Trinajstić information content (AvgIpc) is 3.10. The summed E-state index contributed by atoms with van der Waals surface area (Å²) in [5.41, 5.74) is 6.11. The number of aromatic amines is 1. The number of H-pyrrole nitrogens is 1. The molecule has 0 aliphatic carbocycles. The van der Waals surface area contributed by atoms with Gasteiger partial charge in [0.15, 0.2) is 0 Å². The molecule has 3 rings (SSSR count). The van der Waals surface area contributed by atoms with Gasteiger partial charge < -0.3 is 0 Å². The van der Waals surface area contributed by atoms with Crippen LogP contribution < -0.4 is 10.9 Å². The molecule has 0 aliphatic heterocycles. The molecule has 0 spiro atoms. The third kappa shape index (κ3) is 3.84. The number of nitrogens with zero attached hydrogens (tertiary/aromatic N) is 1. The van der Waals surface area contributed by atoms with Gasteiger partial charge in [-0.3, -0.25) is 25.5 Å². The van der Waals surface area contributed by atoms with Crippen molar-refractivity contribution < 1.29 is 14.0 Å². The first-order chi connectivity index (χ1) is 12.0. The zero-order valence-electron chi connectivity index (χ0n) is 12.7. The predicted octanol–water partition coefficient (Wildman–Crippen LogP) is 2.94. The van der Waals surface area contributed by atoms with Gasteiger partial charge in [-0.15, -0.1) is 0 Å². The number of amides is 2. The van der Waals surface area contributed by atoms with Crippen LogP contribution in [0.5, 0.6) is 0 Å². The van der Waals surface area contributed by atoms with Gasteiger partial charge in [0, 0.05) is 5.56 Å². The molecule has 2 amide bonds. The van der Waals surface area contributed by atoms with Crippen LogP contribution in [-0.2, 0) is 0 Å². The van der Waals surface area contributed by atoms with Crippen molar-refractivity contribution >= 4 is 23.4 Å². The van der Waals surface area contributed by atoms with Gasteiger partial charge in [0.1, 0.15) is 11.5 Å². The second-order valence-electron chi connectivity index (χ2n) is 5.07. The van der Waals surface area contributed by atoms with E-state index in [0.717, 1.165) is 17.7 Å². The van der Waals surface area contributed by atoms with Crippen molar-refractivity contribution in [3.05, 3.63) is 76.7 Å². The lowest BCUT2D eigenvalue weighted by Gasteiger charge is -2.07. The molecule has 25 heavy (non-hydrogen) atoms. The summed E-state index contributed by atoms with van der Waals surface area (Å²) in [5, 5.41) is 6.60. The van der Waals surface area contributed by atoms with Gasteiger partial charge in [-0.1, -0.05) is 41.9 Å². The number of aromatic nitrogens is 2. The summed E-state index contributed by atoms with van der Waals surface area (Å²) in [6, 6.07) is 14.2. The lowest BCUT2D eigenvalue weighted by molar-refractivity contribution is 0.0844. The van der Waals surface area contributed by atoms with Crippen LogP contribution >= 0.6 is 11.6 Å². The fourth-order valence-corrected chi connectivity index (χ4v) is 2.37. The molecule has 6 nitrogen and oxygen atoms in total. The third-order valence-corrected chi connectivity index (χ3v) is 3.67. The van der Waals surface area contributed by atoms with Crippen molar-refractivity contribution in [2.75, 3.05) is 0 Å². The molecule has 126 valence electrons. The van der Waals surface area contributed by atoms with Gasteiger partial charge in [-0.2, -0.15) is 5.10 Å². The maximum Gasteiger partial charge on any atom is 0.287 e. The van der Waals surface area contributed by atoms with Crippen LogP contribution in [-0.4, -0.2) is 22.0 Å². The van der Waals surface area contributed by atoms with Crippen LogP contribution in [0.15, 0.2) is 54.6 Å². The minimum atomic E-state index is -0.666. The van der Waals surface area contributed by atoms with E-state index in [0.29, 0.717) is 5.69 Å². The molecule has 0 saturated carbocycles. The van der Waals surface area contributed by atoms with E-state index in [-0.39, 0.29) is 16.3 Å². The summed E-state index contributed by atoms with van der Waals surface area (Å²) in [6.07, 6.45) is 0. The number of halogens is 2. The van der Waals surface area contributed by atoms with E-state index >= 15 is 0 Å². The molecule has 0 fully saturated rings. The van der Waals surface area contributed by atoms with E-state index in [1.807, 2.05) is 30.3 Å². The molecule has 0 atom stereocenters. The number of rotatable bonds is 3. The molecular formula is C17H12ClFN4O2. The topological polar surface area (TPSA) is 86.9 Å². The molecule has 2 aromatic carbocycles. The largest absolute Gasteiger partial charge is 0.287 e. The van der Waals surface area contributed by atoms with E-state index in [1.54, 1.807) is 6.07 Å². The number of hydrogen-bond donors (Lipinski definition) is 3. The van der Waals surface area contributed by atoms with Gasteiger partial charge in [-0.05, 0) is 24.3 Å². The SMILES string of the molecule is O=C(NNC(=O)c1ccc(F)cc1Cl)c1cc(-c2ccccc2)n[nH]1. The van der Waals surface area contributed by atoms with Crippen molar-refractivity contribution in [2.24, 2.45) is 0 Å². The van der Waals surface area contributed by atoms with Crippen molar-refractivity contribution in [2.45, 2.75) is 0 Å². The summed E-state index contributed by atoms with van der Waals surface area (Å²) in [4.78, 5) is 24.1. The maximum atomic E-state index is 13.0. The standard InChI is InChI=1S/C17H12ClFN4O2/c18-13-8-11(19)6-7-12(13)16(24)22-23-17(25)15-9-14(20-21-15)10-4-2-1-3-5-10/h1-9H,(H,20,21)(H,22,24)(H,23,25). The summed E-state index contributed by atoms with van der Waals surface area (Å²) in [6.45, 7) is 0. The van der Waals surface area contributed by atoms with Gasteiger partial charge in [0.05, 0.1) is 16.3 Å². The molecule has 0 radical (unpaired) electrons. The lowest BCUT2D eigenvalue weighted by Crippen LogP contribution is -2.41. The summed E-state index contributed by atoms with van der Waals surface area (Å²) in [7, 11) is 0. The Kier molecular flexibility index (Phi) is 4.76. The maximum absolute atomic E-state index is 13.0. The molecule has 3 N–H and O–H groups in total. The molecular weight excluding hydrogens is 347 g/mol. The van der Waals surface area contributed by atoms with Gasteiger partial charge >= 0.3 is 0 Å². The zero-order chi connectivity index (χ0) is 17.8. The monoisotopic (exact) mass is 358 g/mol. The first kappa shape index (κ1) is 16.7. The number of hydrogen-bond acceptors (Lipinski definition) is 3. The molecule has 1 aromatic heterocycles. The highest BCUT2D eigenvalue weighted by molar-refractivity contribution is 6.33. The Morgan fingerprint density at radius 1 is 1.00 bits per heavy atom. The fraction of sp³-hybridized carbons (Fsp3) is 0. The van der Waals surface area contributed by atoms with E-state index in [4.69, 9.17) is 11.6 Å². The predicted molar refractivity (Wildman–Crippen MR) is 90.4 cm³/mol. The fourth-order valence-electron chi connectivity index (χ4n) is 2.12. The second-order valence-corrected chi connectivity index (χ2v) is 5.47. The van der Waals surface area contributed by atoms with Gasteiger partial charge in [0.2, 0.25) is 0 Å².